The molecule has 0 atom stereocenters. The molecule has 0 spiro atoms. The Labute approximate surface area is 218 Å². The summed E-state index contributed by atoms with van der Waals surface area (Å²) in [7, 11) is 1.50. The quantitative estimate of drug-likeness (QED) is 0.196. The molecule has 9 heteroatoms. The second kappa shape index (κ2) is 13.1. The first-order chi connectivity index (χ1) is 17.4. The molecule has 3 aromatic carbocycles. The first-order valence-corrected chi connectivity index (χ1v) is 11.7. The summed E-state index contributed by atoms with van der Waals surface area (Å²) in [6.45, 7) is 5.74. The summed E-state index contributed by atoms with van der Waals surface area (Å²) in [5, 5.41) is 6.80. The van der Waals surface area contributed by atoms with E-state index in [2.05, 4.69) is 38.4 Å². The zero-order valence-corrected chi connectivity index (χ0v) is 21.5. The number of anilines is 1. The zero-order valence-electron chi connectivity index (χ0n) is 19.9. The van der Waals surface area contributed by atoms with E-state index in [0.717, 1.165) is 5.56 Å². The van der Waals surface area contributed by atoms with E-state index >= 15 is 0 Å². The lowest BCUT2D eigenvalue weighted by atomic mass is 10.2. The molecule has 3 aromatic rings. The molecule has 0 aliphatic rings. The lowest BCUT2D eigenvalue weighted by Crippen LogP contribution is -2.20. The van der Waals surface area contributed by atoms with Crippen LogP contribution in [0.1, 0.15) is 21.5 Å². The van der Waals surface area contributed by atoms with Crippen molar-refractivity contribution in [2.24, 2.45) is 5.10 Å². The van der Waals surface area contributed by atoms with Crippen molar-refractivity contribution in [3.8, 4) is 17.2 Å². The van der Waals surface area contributed by atoms with Crippen molar-refractivity contribution in [3.63, 3.8) is 0 Å². The summed E-state index contributed by atoms with van der Waals surface area (Å²) >= 11 is 3.43. The van der Waals surface area contributed by atoms with Crippen molar-refractivity contribution < 1.29 is 23.8 Å². The number of amides is 2. The molecule has 2 N–H and O–H groups in total. The number of methoxy groups -OCH3 is 1. The van der Waals surface area contributed by atoms with Crippen LogP contribution >= 0.6 is 15.9 Å². The van der Waals surface area contributed by atoms with Crippen molar-refractivity contribution in [1.29, 1.82) is 0 Å². The molecule has 0 aromatic heterocycles. The third-order valence-electron chi connectivity index (χ3n) is 4.78. The van der Waals surface area contributed by atoms with Crippen molar-refractivity contribution >= 4 is 39.6 Å². The van der Waals surface area contributed by atoms with E-state index < -0.39 is 5.91 Å². The highest BCUT2D eigenvalue weighted by Gasteiger charge is 2.11. The van der Waals surface area contributed by atoms with E-state index in [-0.39, 0.29) is 12.5 Å². The van der Waals surface area contributed by atoms with Gasteiger partial charge in [-0.15, -0.1) is 0 Å². The van der Waals surface area contributed by atoms with Gasteiger partial charge in [-0.25, -0.2) is 5.43 Å². The number of carbonyl (C=O) groups excluding carboxylic acids is 2. The molecule has 0 fully saturated rings. The van der Waals surface area contributed by atoms with Crippen molar-refractivity contribution in [2.45, 2.75) is 6.92 Å². The second-order valence-electron chi connectivity index (χ2n) is 7.56. The first-order valence-electron chi connectivity index (χ1n) is 10.9. The number of hydrogen-bond acceptors (Lipinski definition) is 6. The molecule has 8 nitrogen and oxygen atoms in total. The Kier molecular flexibility index (Phi) is 9.64. The Morgan fingerprint density at radius 3 is 2.56 bits per heavy atom. The molecule has 0 bridgehead atoms. The number of hydrazone groups is 1. The molecule has 0 radical (unpaired) electrons. The monoisotopic (exact) mass is 551 g/mol. The number of ether oxygens (including phenoxy) is 3. The Bertz CT molecular complexity index is 1280. The number of aryl methyl sites for hydroxylation is 1. The SMILES string of the molecule is C=CCOc1ccc(C(=O)N/N=C/c2ccc(OCC(=O)Nc3cccc(C)c3)c(Br)c2)cc1OC. The number of rotatable bonds is 11. The minimum atomic E-state index is -0.404. The van der Waals surface area contributed by atoms with Crippen LogP contribution in [0.4, 0.5) is 5.69 Å². The number of benzene rings is 3. The average molecular weight is 552 g/mol. The summed E-state index contributed by atoms with van der Waals surface area (Å²) in [5.74, 6) is 0.774. The van der Waals surface area contributed by atoms with Gasteiger partial charge in [-0.1, -0.05) is 24.8 Å². The fourth-order valence-corrected chi connectivity index (χ4v) is 3.60. The zero-order chi connectivity index (χ0) is 25.9. The number of carbonyl (C=O) groups is 2. The maximum atomic E-state index is 12.4. The molecule has 3 rings (SSSR count). The van der Waals surface area contributed by atoms with Crippen LogP contribution in [-0.4, -0.2) is 38.4 Å². The lowest BCUT2D eigenvalue weighted by Gasteiger charge is -2.10. The minimum absolute atomic E-state index is 0.142. The molecule has 0 aliphatic carbocycles. The predicted octanol–water partition coefficient (Wildman–Crippen LogP) is 5.11. The Morgan fingerprint density at radius 2 is 1.83 bits per heavy atom. The highest BCUT2D eigenvalue weighted by Crippen LogP contribution is 2.28. The number of nitrogens with one attached hydrogen (secondary N) is 2. The minimum Gasteiger partial charge on any atom is -0.493 e. The van der Waals surface area contributed by atoms with Crippen LogP contribution in [0.25, 0.3) is 0 Å². The Morgan fingerprint density at radius 1 is 1.03 bits per heavy atom. The van der Waals surface area contributed by atoms with Gasteiger partial charge in [0.2, 0.25) is 0 Å². The summed E-state index contributed by atoms with van der Waals surface area (Å²) in [4.78, 5) is 24.6. The summed E-state index contributed by atoms with van der Waals surface area (Å²) in [6.07, 6.45) is 3.12. The van der Waals surface area contributed by atoms with Gasteiger partial charge in [0.1, 0.15) is 12.4 Å². The van der Waals surface area contributed by atoms with Crippen LogP contribution < -0.4 is 25.0 Å². The van der Waals surface area contributed by atoms with Crippen LogP contribution in [-0.2, 0) is 4.79 Å². The van der Waals surface area contributed by atoms with Gasteiger partial charge in [0, 0.05) is 11.3 Å². The van der Waals surface area contributed by atoms with Gasteiger partial charge < -0.3 is 19.5 Å². The molecule has 0 unspecified atom stereocenters. The highest BCUT2D eigenvalue weighted by atomic mass is 79.9. The van der Waals surface area contributed by atoms with Gasteiger partial charge in [-0.05, 0) is 82.5 Å². The number of hydrogen-bond donors (Lipinski definition) is 2. The largest absolute Gasteiger partial charge is 0.493 e. The van der Waals surface area contributed by atoms with E-state index in [1.165, 1.54) is 13.3 Å². The van der Waals surface area contributed by atoms with Gasteiger partial charge in [-0.2, -0.15) is 5.10 Å². The van der Waals surface area contributed by atoms with Crippen LogP contribution in [0.5, 0.6) is 17.2 Å². The third-order valence-corrected chi connectivity index (χ3v) is 5.40. The average Bonchev–Trinajstić information content (AvgIpc) is 2.86. The molecule has 0 saturated heterocycles. The predicted molar refractivity (Wildman–Crippen MR) is 143 cm³/mol. The van der Waals surface area contributed by atoms with Crippen LogP contribution in [0, 0.1) is 6.92 Å². The normalized spacial score (nSPS) is 10.5. The molecular weight excluding hydrogens is 526 g/mol. The van der Waals surface area contributed by atoms with Gasteiger partial charge in [0.15, 0.2) is 18.1 Å². The van der Waals surface area contributed by atoms with Gasteiger partial charge in [-0.3, -0.25) is 9.59 Å². The lowest BCUT2D eigenvalue weighted by molar-refractivity contribution is -0.118. The summed E-state index contributed by atoms with van der Waals surface area (Å²) < 4.78 is 17.0. The first kappa shape index (κ1) is 26.5. The maximum Gasteiger partial charge on any atom is 0.271 e. The Balaban J connectivity index is 1.54. The van der Waals surface area contributed by atoms with Crippen LogP contribution in [0.3, 0.4) is 0 Å². The van der Waals surface area contributed by atoms with E-state index in [0.29, 0.717) is 45.1 Å². The van der Waals surface area contributed by atoms with Gasteiger partial charge >= 0.3 is 0 Å². The van der Waals surface area contributed by atoms with Gasteiger partial charge in [0.25, 0.3) is 11.8 Å². The molecule has 186 valence electrons. The molecule has 0 heterocycles. The van der Waals surface area contributed by atoms with Crippen molar-refractivity contribution in [2.75, 3.05) is 25.6 Å². The van der Waals surface area contributed by atoms with E-state index in [4.69, 9.17) is 14.2 Å². The Hall–Kier alpha value is -4.11. The van der Waals surface area contributed by atoms with Gasteiger partial charge in [0.05, 0.1) is 17.8 Å². The maximum absolute atomic E-state index is 12.4. The standard InChI is InChI=1S/C27H26BrN3O5/c1-4-12-35-24-11-9-20(15-25(24)34-3)27(33)31-29-16-19-8-10-23(22(28)14-19)36-17-26(32)30-21-7-5-6-18(2)13-21/h4-11,13-16H,1,12,17H2,2-3H3,(H,30,32)(H,31,33)/b29-16+. The van der Waals surface area contributed by atoms with Crippen LogP contribution in [0.15, 0.2) is 82.9 Å². The number of halogens is 1. The second-order valence-corrected chi connectivity index (χ2v) is 8.41. The molecule has 0 aliphatic heterocycles. The fraction of sp³-hybridized carbons (Fsp3) is 0.148. The van der Waals surface area contributed by atoms with Crippen LogP contribution in [0.2, 0.25) is 0 Å². The highest BCUT2D eigenvalue weighted by molar-refractivity contribution is 9.10. The molecule has 2 amide bonds. The number of nitrogens with zero attached hydrogens (tertiary/aromatic N) is 1. The smallest absolute Gasteiger partial charge is 0.271 e. The summed E-state index contributed by atoms with van der Waals surface area (Å²) in [5.41, 5.74) is 5.32. The van der Waals surface area contributed by atoms with E-state index in [1.807, 2.05) is 31.2 Å². The fourth-order valence-electron chi connectivity index (χ4n) is 3.08. The molecule has 0 saturated carbocycles. The molecular formula is C27H26BrN3O5. The van der Waals surface area contributed by atoms with E-state index in [1.54, 1.807) is 42.5 Å². The third kappa shape index (κ3) is 7.71. The van der Waals surface area contributed by atoms with Crippen molar-refractivity contribution in [3.05, 3.63) is 94.5 Å². The topological polar surface area (TPSA) is 98.3 Å². The molecule has 36 heavy (non-hydrogen) atoms. The van der Waals surface area contributed by atoms with E-state index in [9.17, 15) is 9.59 Å². The summed E-state index contributed by atoms with van der Waals surface area (Å²) in [6, 6.07) is 17.6. The van der Waals surface area contributed by atoms with Crippen molar-refractivity contribution in [1.82, 2.24) is 5.43 Å².